The first-order valence-electron chi connectivity index (χ1n) is 9.66. The van der Waals surface area contributed by atoms with Gasteiger partial charge in [0.15, 0.2) is 0 Å². The average molecular weight is 488 g/mol. The van der Waals surface area contributed by atoms with Crippen molar-refractivity contribution in [2.24, 2.45) is 0 Å². The van der Waals surface area contributed by atoms with Crippen molar-refractivity contribution < 1.29 is 8.42 Å². The van der Waals surface area contributed by atoms with Crippen LogP contribution in [0.1, 0.15) is 18.5 Å². The summed E-state index contributed by atoms with van der Waals surface area (Å²) < 4.78 is 28.4. The van der Waals surface area contributed by atoms with Crippen molar-refractivity contribution in [1.82, 2.24) is 9.97 Å². The molecule has 0 unspecified atom stereocenters. The molecule has 9 heteroatoms. The third kappa shape index (κ3) is 4.73. The maximum atomic E-state index is 12.6. The Labute approximate surface area is 184 Å². The van der Waals surface area contributed by atoms with Crippen molar-refractivity contribution in [3.8, 4) is 0 Å². The molecule has 0 spiro atoms. The number of aromatic nitrogens is 2. The van der Waals surface area contributed by atoms with Crippen LogP contribution in [-0.2, 0) is 10.0 Å². The Hall–Kier alpha value is -2.65. The quantitative estimate of drug-likeness (QED) is 0.524. The summed E-state index contributed by atoms with van der Waals surface area (Å²) in [4.78, 5) is 11.6. The lowest BCUT2D eigenvalue weighted by Gasteiger charge is -2.17. The zero-order chi connectivity index (χ0) is 21.1. The monoisotopic (exact) mass is 487 g/mol. The first kappa shape index (κ1) is 20.6. The molecule has 0 aliphatic carbocycles. The summed E-state index contributed by atoms with van der Waals surface area (Å²) in [7, 11) is -3.68. The highest BCUT2D eigenvalue weighted by Crippen LogP contribution is 2.25. The van der Waals surface area contributed by atoms with Crippen LogP contribution in [0.5, 0.6) is 0 Å². The average Bonchev–Trinajstić information content (AvgIpc) is 3.24. The van der Waals surface area contributed by atoms with Crippen LogP contribution in [0.25, 0.3) is 0 Å². The van der Waals surface area contributed by atoms with E-state index in [2.05, 4.69) is 40.8 Å². The van der Waals surface area contributed by atoms with E-state index in [-0.39, 0.29) is 4.90 Å². The van der Waals surface area contributed by atoms with Gasteiger partial charge in [-0.2, -0.15) is 4.98 Å². The maximum Gasteiger partial charge on any atom is 0.263 e. The van der Waals surface area contributed by atoms with Gasteiger partial charge < -0.3 is 10.2 Å². The van der Waals surface area contributed by atoms with Gasteiger partial charge in [-0.15, -0.1) is 0 Å². The molecular weight excluding hydrogens is 466 g/mol. The SMILES string of the molecule is Cc1cc(Nc2ccc(NS(=O)(=O)c3ccccc3Br)cc2)nc(N2CCCC2)n1. The number of anilines is 4. The van der Waals surface area contributed by atoms with Crippen LogP contribution in [0.3, 0.4) is 0 Å². The fraction of sp³-hybridized carbons (Fsp3) is 0.238. The largest absolute Gasteiger partial charge is 0.341 e. The number of hydrogen-bond acceptors (Lipinski definition) is 6. The summed E-state index contributed by atoms with van der Waals surface area (Å²) in [6.45, 7) is 3.91. The maximum absolute atomic E-state index is 12.6. The summed E-state index contributed by atoms with van der Waals surface area (Å²) in [6, 6.07) is 15.6. The van der Waals surface area contributed by atoms with Gasteiger partial charge in [0.25, 0.3) is 10.0 Å². The van der Waals surface area contributed by atoms with Gasteiger partial charge in [0.2, 0.25) is 5.95 Å². The lowest BCUT2D eigenvalue weighted by atomic mass is 10.3. The van der Waals surface area contributed by atoms with Gasteiger partial charge in [0.1, 0.15) is 10.7 Å². The molecule has 0 atom stereocenters. The number of rotatable bonds is 6. The number of aryl methyl sites for hydroxylation is 1. The van der Waals surface area contributed by atoms with Gasteiger partial charge >= 0.3 is 0 Å². The molecule has 1 fully saturated rings. The summed E-state index contributed by atoms with van der Waals surface area (Å²) in [5, 5.41) is 3.28. The topological polar surface area (TPSA) is 87.2 Å². The Morgan fingerprint density at radius 2 is 1.63 bits per heavy atom. The van der Waals surface area contributed by atoms with Crippen LogP contribution in [0.4, 0.5) is 23.1 Å². The standard InChI is InChI=1S/C21H22BrN5O2S/c1-15-14-20(25-21(23-15)27-12-4-5-13-27)24-16-8-10-17(11-9-16)26-30(28,29)19-7-3-2-6-18(19)22/h2-3,6-11,14,26H,4-5,12-13H2,1H3,(H,23,24,25). The molecule has 0 saturated carbocycles. The Kier molecular flexibility index (Phi) is 5.92. The van der Waals surface area contributed by atoms with Crippen molar-refractivity contribution in [3.05, 3.63) is 64.8 Å². The molecule has 2 heterocycles. The predicted molar refractivity (Wildman–Crippen MR) is 123 cm³/mol. The van der Waals surface area contributed by atoms with E-state index < -0.39 is 10.0 Å². The molecule has 2 N–H and O–H groups in total. The molecule has 4 rings (SSSR count). The van der Waals surface area contributed by atoms with Gasteiger partial charge in [-0.3, -0.25) is 4.72 Å². The van der Waals surface area contributed by atoms with Crippen LogP contribution in [-0.4, -0.2) is 31.5 Å². The zero-order valence-corrected chi connectivity index (χ0v) is 18.9. The Morgan fingerprint density at radius 1 is 0.967 bits per heavy atom. The molecule has 0 bridgehead atoms. The van der Waals surface area contributed by atoms with Crippen LogP contribution < -0.4 is 14.9 Å². The van der Waals surface area contributed by atoms with E-state index in [1.165, 1.54) is 0 Å². The second kappa shape index (κ2) is 8.61. The van der Waals surface area contributed by atoms with E-state index in [0.717, 1.165) is 43.3 Å². The normalized spacial score (nSPS) is 14.0. The summed E-state index contributed by atoms with van der Waals surface area (Å²) >= 11 is 3.29. The number of halogens is 1. The van der Waals surface area contributed by atoms with Gasteiger partial charge in [0, 0.05) is 40.7 Å². The van der Waals surface area contributed by atoms with Crippen molar-refractivity contribution in [2.45, 2.75) is 24.7 Å². The number of nitrogens with zero attached hydrogens (tertiary/aromatic N) is 3. The predicted octanol–water partition coefficient (Wildman–Crippen LogP) is 4.69. The van der Waals surface area contributed by atoms with Gasteiger partial charge in [-0.05, 0) is 72.1 Å². The third-order valence-corrected chi connectivity index (χ3v) is 7.16. The molecular formula is C21H22BrN5O2S. The molecule has 1 saturated heterocycles. The van der Waals surface area contributed by atoms with E-state index in [0.29, 0.717) is 16.0 Å². The van der Waals surface area contributed by atoms with E-state index >= 15 is 0 Å². The first-order chi connectivity index (χ1) is 14.4. The van der Waals surface area contributed by atoms with E-state index in [1.807, 2.05) is 25.1 Å². The van der Waals surface area contributed by atoms with Crippen molar-refractivity contribution in [2.75, 3.05) is 28.0 Å². The second-order valence-corrected chi connectivity index (χ2v) is 9.63. The van der Waals surface area contributed by atoms with Crippen molar-refractivity contribution in [1.29, 1.82) is 0 Å². The summed E-state index contributed by atoms with van der Waals surface area (Å²) in [5.41, 5.74) is 2.18. The van der Waals surface area contributed by atoms with E-state index in [1.54, 1.807) is 36.4 Å². The minimum Gasteiger partial charge on any atom is -0.341 e. The third-order valence-electron chi connectivity index (χ3n) is 4.77. The van der Waals surface area contributed by atoms with Gasteiger partial charge in [-0.25, -0.2) is 13.4 Å². The Morgan fingerprint density at radius 3 is 2.33 bits per heavy atom. The zero-order valence-electron chi connectivity index (χ0n) is 16.5. The van der Waals surface area contributed by atoms with Crippen LogP contribution in [0.15, 0.2) is 64.0 Å². The number of hydrogen-bond donors (Lipinski definition) is 2. The van der Waals surface area contributed by atoms with Crippen LogP contribution in [0, 0.1) is 6.92 Å². The fourth-order valence-electron chi connectivity index (χ4n) is 3.32. The molecule has 1 aromatic heterocycles. The van der Waals surface area contributed by atoms with E-state index in [9.17, 15) is 8.42 Å². The van der Waals surface area contributed by atoms with Crippen LogP contribution >= 0.6 is 15.9 Å². The second-order valence-electron chi connectivity index (χ2n) is 7.13. The fourth-order valence-corrected chi connectivity index (χ4v) is 5.38. The van der Waals surface area contributed by atoms with Crippen molar-refractivity contribution >= 4 is 49.1 Å². The molecule has 156 valence electrons. The summed E-state index contributed by atoms with van der Waals surface area (Å²) in [6.07, 6.45) is 2.33. The minimum atomic E-state index is -3.68. The Balaban J connectivity index is 1.48. The molecule has 1 aliphatic rings. The first-order valence-corrected chi connectivity index (χ1v) is 11.9. The molecule has 0 amide bonds. The molecule has 1 aliphatic heterocycles. The lowest BCUT2D eigenvalue weighted by molar-refractivity contribution is 0.601. The smallest absolute Gasteiger partial charge is 0.263 e. The number of nitrogens with one attached hydrogen (secondary N) is 2. The number of benzene rings is 2. The van der Waals surface area contributed by atoms with Gasteiger partial charge in [-0.1, -0.05) is 12.1 Å². The molecule has 30 heavy (non-hydrogen) atoms. The van der Waals surface area contributed by atoms with Gasteiger partial charge in [0.05, 0.1) is 0 Å². The van der Waals surface area contributed by atoms with Crippen molar-refractivity contribution in [3.63, 3.8) is 0 Å². The highest BCUT2D eigenvalue weighted by Gasteiger charge is 2.18. The minimum absolute atomic E-state index is 0.193. The lowest BCUT2D eigenvalue weighted by Crippen LogP contribution is -2.21. The molecule has 0 radical (unpaired) electrons. The highest BCUT2D eigenvalue weighted by atomic mass is 79.9. The Bertz CT molecular complexity index is 1150. The highest BCUT2D eigenvalue weighted by molar-refractivity contribution is 9.10. The number of sulfonamides is 1. The van der Waals surface area contributed by atoms with E-state index in [4.69, 9.17) is 0 Å². The van der Waals surface area contributed by atoms with Crippen LogP contribution in [0.2, 0.25) is 0 Å². The molecule has 7 nitrogen and oxygen atoms in total. The summed E-state index contributed by atoms with van der Waals surface area (Å²) in [5.74, 6) is 1.46. The molecule has 2 aromatic carbocycles. The molecule has 3 aromatic rings.